The Morgan fingerprint density at radius 1 is 0.893 bits per heavy atom. The summed E-state index contributed by atoms with van der Waals surface area (Å²) in [6.07, 6.45) is -4.38. The van der Waals surface area contributed by atoms with Crippen molar-refractivity contribution < 1.29 is 43.2 Å². The number of hydrogen-bond donors (Lipinski definition) is 2. The quantitative estimate of drug-likeness (QED) is 0.170. The van der Waals surface area contributed by atoms with Crippen molar-refractivity contribution in [2.24, 2.45) is 34.0 Å². The number of carbonyl (C=O) groups excluding carboxylic acids is 4. The van der Waals surface area contributed by atoms with E-state index < -0.39 is 82.1 Å². The molecule has 2 saturated carbocycles. The lowest BCUT2D eigenvalue weighted by molar-refractivity contribution is -0.301. The van der Waals surface area contributed by atoms with Gasteiger partial charge in [-0.1, -0.05) is 83.1 Å². The van der Waals surface area contributed by atoms with E-state index in [1.807, 2.05) is 102 Å². The van der Waals surface area contributed by atoms with Gasteiger partial charge in [0.25, 0.3) is 0 Å². The lowest BCUT2D eigenvalue weighted by atomic mass is 9.40. The topological polar surface area (TPSA) is 144 Å². The van der Waals surface area contributed by atoms with Crippen LogP contribution in [0.25, 0.3) is 0 Å². The molecule has 12 heteroatoms. The number of carbonyl (C=O) groups is 4. The van der Waals surface area contributed by atoms with Gasteiger partial charge in [-0.3, -0.25) is 4.79 Å². The van der Waals surface area contributed by atoms with Crippen LogP contribution in [0.2, 0.25) is 0 Å². The SMILES string of the molecule is CC1=C2[C@@H](C)C(=O)[C@]3(C)[C@@H](OC(=O)N(C)C)C[C@H]4OC[C@@]4(C)[C@H]3[C@H](C)[C@](O)(C[C@@H]1OC(=O)[C@H](OC(=O)N(C)C)[C@@H](Nc1ccccc1)c1ccccc1)C2(C)C. The number of ether oxygens (including phenoxy) is 4. The number of rotatable bonds is 8. The number of ketones is 1. The van der Waals surface area contributed by atoms with E-state index in [0.717, 1.165) is 0 Å². The molecule has 304 valence electrons. The van der Waals surface area contributed by atoms with Crippen molar-refractivity contribution in [3.05, 3.63) is 77.4 Å². The van der Waals surface area contributed by atoms with Gasteiger partial charge in [-0.25, -0.2) is 14.4 Å². The van der Waals surface area contributed by atoms with Crippen LogP contribution in [0.1, 0.15) is 72.9 Å². The van der Waals surface area contributed by atoms with E-state index in [1.165, 1.54) is 23.9 Å². The molecule has 0 aromatic heterocycles. The number of amides is 2. The Balaban J connectivity index is 1.45. The first-order chi connectivity index (χ1) is 26.2. The number of esters is 1. The van der Waals surface area contributed by atoms with Gasteiger partial charge in [0, 0.05) is 63.5 Å². The van der Waals surface area contributed by atoms with Gasteiger partial charge in [-0.05, 0) is 54.5 Å². The van der Waals surface area contributed by atoms with Crippen molar-refractivity contribution in [3.63, 3.8) is 0 Å². The number of fused-ring (bicyclic) bond motifs is 5. The highest BCUT2D eigenvalue weighted by atomic mass is 16.6. The minimum absolute atomic E-state index is 0.0238. The standard InChI is InChI=1S/C44H59N3O9/c1-25-30(54-38(49)35(56-40(51)47(10)11)34(28-18-14-12-15-19-28)45-29-20-16-13-17-21-29)23-44(52)27(3)36-42(6)24-53-31(42)22-32(55-39(50)46(8)9)43(36,7)37(48)26(2)33(25)41(44,4)5/h12-21,26-27,30-32,34-36,45,52H,22-24H2,1-11H3/t26-,27+,30+,31-,32+,34+,35-,36-,42-,43-,44-/m1/s1. The normalized spacial score (nSPS) is 34.2. The molecular formula is C44H59N3O9. The summed E-state index contributed by atoms with van der Waals surface area (Å²) in [7, 11) is 6.29. The molecule has 2 aromatic rings. The molecule has 11 atom stereocenters. The fourth-order valence-electron chi connectivity index (χ4n) is 10.8. The molecule has 0 radical (unpaired) electrons. The third-order valence-corrected chi connectivity index (χ3v) is 13.8. The van der Waals surface area contributed by atoms with Crippen LogP contribution in [-0.2, 0) is 28.5 Å². The fraction of sp³-hybridized carbons (Fsp3) is 0.591. The number of nitrogens with one attached hydrogen (secondary N) is 1. The first-order valence-corrected chi connectivity index (χ1v) is 19.6. The molecule has 3 aliphatic carbocycles. The molecule has 12 nitrogen and oxygen atoms in total. The number of nitrogens with zero attached hydrogens (tertiary/aromatic N) is 2. The molecule has 2 amide bonds. The van der Waals surface area contributed by atoms with Crippen LogP contribution in [-0.4, -0.2) is 104 Å². The van der Waals surface area contributed by atoms with Gasteiger partial charge in [-0.15, -0.1) is 0 Å². The third kappa shape index (κ3) is 6.56. The van der Waals surface area contributed by atoms with Gasteiger partial charge in [-0.2, -0.15) is 0 Å². The number of hydrogen-bond acceptors (Lipinski definition) is 10. The largest absolute Gasteiger partial charge is 0.455 e. The molecule has 1 saturated heterocycles. The number of anilines is 1. The zero-order valence-corrected chi connectivity index (χ0v) is 34.6. The second-order valence-corrected chi connectivity index (χ2v) is 17.8. The van der Waals surface area contributed by atoms with E-state index in [-0.39, 0.29) is 18.3 Å². The van der Waals surface area contributed by atoms with Crippen LogP contribution in [0.15, 0.2) is 71.8 Å². The maximum atomic E-state index is 15.3. The molecule has 4 aliphatic rings. The summed E-state index contributed by atoms with van der Waals surface area (Å²) in [5.41, 5.74) is -1.40. The monoisotopic (exact) mass is 773 g/mol. The van der Waals surface area contributed by atoms with E-state index in [1.54, 1.807) is 14.1 Å². The van der Waals surface area contributed by atoms with Gasteiger partial charge >= 0.3 is 18.2 Å². The highest BCUT2D eigenvalue weighted by Gasteiger charge is 2.73. The molecular weight excluding hydrogens is 714 g/mol. The predicted octanol–water partition coefficient (Wildman–Crippen LogP) is 6.65. The van der Waals surface area contributed by atoms with E-state index >= 15 is 4.79 Å². The number of benzene rings is 2. The molecule has 2 bridgehead atoms. The van der Waals surface area contributed by atoms with Crippen LogP contribution in [0.4, 0.5) is 15.3 Å². The Morgan fingerprint density at radius 2 is 1.48 bits per heavy atom. The number of para-hydroxylation sites is 1. The average Bonchev–Trinajstić information content (AvgIpc) is 3.15. The summed E-state index contributed by atoms with van der Waals surface area (Å²) >= 11 is 0. The molecule has 0 unspecified atom stereocenters. The first-order valence-electron chi connectivity index (χ1n) is 19.6. The lowest BCUT2D eigenvalue weighted by Gasteiger charge is -2.69. The maximum absolute atomic E-state index is 15.3. The van der Waals surface area contributed by atoms with Crippen molar-refractivity contribution in [2.45, 2.75) is 97.4 Å². The molecule has 1 aliphatic heterocycles. The summed E-state index contributed by atoms with van der Waals surface area (Å²) in [5, 5.41) is 16.8. The van der Waals surface area contributed by atoms with Crippen LogP contribution >= 0.6 is 0 Å². The summed E-state index contributed by atoms with van der Waals surface area (Å²) in [4.78, 5) is 59.0. The summed E-state index contributed by atoms with van der Waals surface area (Å²) < 4.78 is 24.7. The van der Waals surface area contributed by atoms with Crippen molar-refractivity contribution in [1.82, 2.24) is 9.80 Å². The first kappa shape index (κ1) is 41.2. The molecule has 56 heavy (non-hydrogen) atoms. The van der Waals surface area contributed by atoms with Gasteiger partial charge in [0.15, 0.2) is 0 Å². The molecule has 6 rings (SSSR count). The summed E-state index contributed by atoms with van der Waals surface area (Å²) in [6.45, 7) is 14.0. The van der Waals surface area contributed by atoms with E-state index in [9.17, 15) is 19.5 Å². The summed E-state index contributed by atoms with van der Waals surface area (Å²) in [6, 6.07) is 17.7. The van der Waals surface area contributed by atoms with E-state index in [0.29, 0.717) is 35.4 Å². The van der Waals surface area contributed by atoms with Gasteiger partial charge in [0.1, 0.15) is 18.0 Å². The number of aliphatic hydroxyl groups is 1. The van der Waals surface area contributed by atoms with Crippen LogP contribution in [0.3, 0.4) is 0 Å². The number of Topliss-reactive ketones (excluding diaryl/α,β-unsaturated/α-hetero) is 1. The second-order valence-electron chi connectivity index (χ2n) is 17.8. The Hall–Kier alpha value is -4.42. The van der Waals surface area contributed by atoms with E-state index in [4.69, 9.17) is 18.9 Å². The minimum Gasteiger partial charge on any atom is -0.455 e. The van der Waals surface area contributed by atoms with Crippen molar-refractivity contribution >= 4 is 29.6 Å². The maximum Gasteiger partial charge on any atom is 0.410 e. The average molecular weight is 774 g/mol. The molecule has 1 heterocycles. The second kappa shape index (κ2) is 14.8. The zero-order chi connectivity index (χ0) is 41.1. The molecule has 0 spiro atoms. The molecule has 3 fully saturated rings. The molecule has 2 aromatic carbocycles. The van der Waals surface area contributed by atoms with Crippen molar-refractivity contribution in [1.29, 1.82) is 0 Å². The highest BCUT2D eigenvalue weighted by molar-refractivity contribution is 5.91. The minimum atomic E-state index is -1.51. The predicted molar refractivity (Wildman–Crippen MR) is 210 cm³/mol. The molecule has 2 N–H and O–H groups in total. The van der Waals surface area contributed by atoms with Crippen LogP contribution < -0.4 is 5.32 Å². The third-order valence-electron chi connectivity index (χ3n) is 13.8. The highest BCUT2D eigenvalue weighted by Crippen LogP contribution is 2.68. The Labute approximate surface area is 330 Å². The lowest BCUT2D eigenvalue weighted by Crippen LogP contribution is -2.74. The van der Waals surface area contributed by atoms with E-state index in [2.05, 4.69) is 12.2 Å². The fourth-order valence-corrected chi connectivity index (χ4v) is 10.8. The summed E-state index contributed by atoms with van der Waals surface area (Å²) in [5.74, 6) is -2.66. The van der Waals surface area contributed by atoms with Gasteiger partial charge in [0.2, 0.25) is 6.10 Å². The van der Waals surface area contributed by atoms with Crippen LogP contribution in [0.5, 0.6) is 0 Å². The van der Waals surface area contributed by atoms with Crippen molar-refractivity contribution in [3.8, 4) is 0 Å². The zero-order valence-electron chi connectivity index (χ0n) is 34.6. The Bertz CT molecular complexity index is 1860. The Morgan fingerprint density at radius 3 is 2.04 bits per heavy atom. The smallest absolute Gasteiger partial charge is 0.410 e. The van der Waals surface area contributed by atoms with Crippen molar-refractivity contribution in [2.75, 3.05) is 40.1 Å². The van der Waals surface area contributed by atoms with Crippen LogP contribution in [0, 0.1) is 34.0 Å². The van der Waals surface area contributed by atoms with Gasteiger partial charge < -0.3 is 39.2 Å². The Kier molecular flexibility index (Phi) is 10.9. The van der Waals surface area contributed by atoms with Gasteiger partial charge in [0.05, 0.1) is 29.8 Å².